The third-order valence-corrected chi connectivity index (χ3v) is 5.05. The predicted molar refractivity (Wildman–Crippen MR) is 108 cm³/mol. The van der Waals surface area contributed by atoms with Gasteiger partial charge in [-0.05, 0) is 55.9 Å². The average Bonchev–Trinajstić information content (AvgIpc) is 3.21. The van der Waals surface area contributed by atoms with E-state index in [0.717, 1.165) is 30.0 Å². The van der Waals surface area contributed by atoms with Gasteiger partial charge in [-0.1, -0.05) is 17.7 Å². The second-order valence-electron chi connectivity index (χ2n) is 7.12. The molecule has 0 saturated carbocycles. The van der Waals surface area contributed by atoms with Gasteiger partial charge in [0.1, 0.15) is 0 Å². The molecule has 28 heavy (non-hydrogen) atoms. The molecule has 4 rings (SSSR count). The quantitative estimate of drug-likeness (QED) is 0.710. The van der Waals surface area contributed by atoms with Crippen LogP contribution in [-0.2, 0) is 6.54 Å². The molecule has 0 fully saturated rings. The van der Waals surface area contributed by atoms with E-state index < -0.39 is 0 Å². The Balaban J connectivity index is 1.29. The number of carbonyl (C=O) groups excluding carboxylic acids is 1. The summed E-state index contributed by atoms with van der Waals surface area (Å²) in [5.41, 5.74) is 3.90. The fourth-order valence-corrected chi connectivity index (χ4v) is 3.50. The van der Waals surface area contributed by atoms with Crippen LogP contribution < -0.4 is 20.1 Å². The molecule has 1 aromatic carbocycles. The van der Waals surface area contributed by atoms with E-state index >= 15 is 0 Å². The van der Waals surface area contributed by atoms with E-state index in [2.05, 4.69) is 21.7 Å². The van der Waals surface area contributed by atoms with Crippen LogP contribution in [0.2, 0.25) is 0 Å². The van der Waals surface area contributed by atoms with Crippen LogP contribution in [0.5, 0.6) is 11.5 Å². The van der Waals surface area contributed by atoms with Crippen LogP contribution in [0, 0.1) is 0 Å². The van der Waals surface area contributed by atoms with Gasteiger partial charge in [-0.25, -0.2) is 0 Å². The normalized spacial score (nSPS) is 15.1. The molecule has 146 valence electrons. The number of nitrogens with one attached hydrogen (secondary N) is 2. The van der Waals surface area contributed by atoms with Crippen molar-refractivity contribution in [2.75, 3.05) is 18.7 Å². The van der Waals surface area contributed by atoms with Crippen molar-refractivity contribution in [3.05, 3.63) is 59.4 Å². The first-order valence-electron chi connectivity index (χ1n) is 9.81. The monoisotopic (exact) mass is 379 g/mol. The van der Waals surface area contributed by atoms with Crippen molar-refractivity contribution in [3.63, 3.8) is 0 Å². The number of pyridine rings is 1. The SMILES string of the molecule is O=C(NCc1ccc2c(c1)OCO2)c1cncc(NCCC2=CCCCC2)c1. The number of allylic oxidation sites excluding steroid dienone is 1. The second-order valence-corrected chi connectivity index (χ2v) is 7.12. The lowest BCUT2D eigenvalue weighted by molar-refractivity contribution is 0.0950. The van der Waals surface area contributed by atoms with Crippen molar-refractivity contribution >= 4 is 11.6 Å². The molecule has 1 aromatic heterocycles. The smallest absolute Gasteiger partial charge is 0.253 e. The summed E-state index contributed by atoms with van der Waals surface area (Å²) < 4.78 is 10.7. The summed E-state index contributed by atoms with van der Waals surface area (Å²) in [6.45, 7) is 1.52. The third kappa shape index (κ3) is 4.63. The number of rotatable bonds is 7. The van der Waals surface area contributed by atoms with Crippen LogP contribution in [0.15, 0.2) is 48.3 Å². The van der Waals surface area contributed by atoms with E-state index in [0.29, 0.717) is 17.9 Å². The molecule has 2 aliphatic rings. The minimum Gasteiger partial charge on any atom is -0.454 e. The van der Waals surface area contributed by atoms with E-state index in [1.807, 2.05) is 24.3 Å². The number of aromatic nitrogens is 1. The number of fused-ring (bicyclic) bond motifs is 1. The fourth-order valence-electron chi connectivity index (χ4n) is 3.50. The number of hydrogen-bond acceptors (Lipinski definition) is 5. The molecular weight excluding hydrogens is 354 g/mol. The molecule has 0 spiro atoms. The lowest BCUT2D eigenvalue weighted by atomic mass is 9.97. The molecular formula is C22H25N3O3. The lowest BCUT2D eigenvalue weighted by Gasteiger charge is -2.13. The number of anilines is 1. The molecule has 1 aliphatic heterocycles. The zero-order chi connectivity index (χ0) is 19.2. The van der Waals surface area contributed by atoms with Crippen LogP contribution in [0.1, 0.15) is 48.0 Å². The maximum Gasteiger partial charge on any atom is 0.253 e. The Kier molecular flexibility index (Phi) is 5.75. The molecule has 0 atom stereocenters. The van der Waals surface area contributed by atoms with Crippen LogP contribution in [0.3, 0.4) is 0 Å². The molecule has 0 saturated heterocycles. The van der Waals surface area contributed by atoms with Crippen molar-refractivity contribution in [2.45, 2.75) is 38.6 Å². The summed E-state index contributed by atoms with van der Waals surface area (Å²) in [6.07, 6.45) is 11.8. The molecule has 1 amide bonds. The highest BCUT2D eigenvalue weighted by molar-refractivity contribution is 5.94. The Morgan fingerprint density at radius 3 is 2.93 bits per heavy atom. The van der Waals surface area contributed by atoms with Crippen molar-refractivity contribution in [2.24, 2.45) is 0 Å². The van der Waals surface area contributed by atoms with Gasteiger partial charge in [0.2, 0.25) is 6.79 Å². The molecule has 1 aliphatic carbocycles. The van der Waals surface area contributed by atoms with Crippen LogP contribution >= 0.6 is 0 Å². The van der Waals surface area contributed by atoms with Gasteiger partial charge in [0.25, 0.3) is 5.91 Å². The molecule has 6 nitrogen and oxygen atoms in total. The lowest BCUT2D eigenvalue weighted by Crippen LogP contribution is -2.23. The fraction of sp³-hybridized carbons (Fsp3) is 0.364. The first-order chi connectivity index (χ1) is 13.8. The summed E-state index contributed by atoms with van der Waals surface area (Å²) in [5, 5.41) is 6.30. The van der Waals surface area contributed by atoms with E-state index in [-0.39, 0.29) is 12.7 Å². The number of benzene rings is 1. The molecule has 0 bridgehead atoms. The number of amides is 1. The number of carbonyl (C=O) groups is 1. The summed E-state index contributed by atoms with van der Waals surface area (Å²) in [5.74, 6) is 1.30. The van der Waals surface area contributed by atoms with Crippen molar-refractivity contribution in [1.29, 1.82) is 0 Å². The number of ether oxygens (including phenoxy) is 2. The van der Waals surface area contributed by atoms with Gasteiger partial charge in [-0.2, -0.15) is 0 Å². The summed E-state index contributed by atoms with van der Waals surface area (Å²) in [7, 11) is 0. The van der Waals surface area contributed by atoms with Gasteiger partial charge in [-0.3, -0.25) is 9.78 Å². The molecule has 6 heteroatoms. The second kappa shape index (κ2) is 8.78. The van der Waals surface area contributed by atoms with Gasteiger partial charge in [0.15, 0.2) is 11.5 Å². The third-order valence-electron chi connectivity index (χ3n) is 5.05. The Bertz CT molecular complexity index is 879. The van der Waals surface area contributed by atoms with Crippen molar-refractivity contribution < 1.29 is 14.3 Å². The molecule has 0 unspecified atom stereocenters. The highest BCUT2D eigenvalue weighted by Crippen LogP contribution is 2.32. The van der Waals surface area contributed by atoms with E-state index in [1.54, 1.807) is 12.4 Å². The Hall–Kier alpha value is -3.02. The summed E-state index contributed by atoms with van der Waals surface area (Å²) >= 11 is 0. The van der Waals surface area contributed by atoms with Crippen molar-refractivity contribution in [1.82, 2.24) is 10.3 Å². The molecule has 0 radical (unpaired) electrons. The van der Waals surface area contributed by atoms with Gasteiger partial charge in [-0.15, -0.1) is 0 Å². The van der Waals surface area contributed by atoms with E-state index in [1.165, 1.54) is 31.3 Å². The zero-order valence-electron chi connectivity index (χ0n) is 15.9. The van der Waals surface area contributed by atoms with Gasteiger partial charge < -0.3 is 20.1 Å². The van der Waals surface area contributed by atoms with Crippen LogP contribution in [-0.4, -0.2) is 24.2 Å². The number of nitrogens with zero attached hydrogens (tertiary/aromatic N) is 1. The topological polar surface area (TPSA) is 72.5 Å². The average molecular weight is 379 g/mol. The predicted octanol–water partition coefficient (Wildman–Crippen LogP) is 4.04. The van der Waals surface area contributed by atoms with Gasteiger partial charge in [0, 0.05) is 25.5 Å². The van der Waals surface area contributed by atoms with Crippen LogP contribution in [0.4, 0.5) is 5.69 Å². The van der Waals surface area contributed by atoms with E-state index in [9.17, 15) is 4.79 Å². The van der Waals surface area contributed by atoms with Crippen LogP contribution in [0.25, 0.3) is 0 Å². The first kappa shape index (κ1) is 18.3. The minimum atomic E-state index is -0.149. The maximum absolute atomic E-state index is 12.5. The Morgan fingerprint density at radius 1 is 1.11 bits per heavy atom. The highest BCUT2D eigenvalue weighted by Gasteiger charge is 2.14. The Labute approximate surface area is 165 Å². The molecule has 2 aromatic rings. The highest BCUT2D eigenvalue weighted by atomic mass is 16.7. The maximum atomic E-state index is 12.5. The molecule has 2 heterocycles. The first-order valence-corrected chi connectivity index (χ1v) is 9.81. The summed E-state index contributed by atoms with van der Waals surface area (Å²) in [4.78, 5) is 16.7. The molecule has 2 N–H and O–H groups in total. The largest absolute Gasteiger partial charge is 0.454 e. The van der Waals surface area contributed by atoms with Gasteiger partial charge in [0.05, 0.1) is 11.3 Å². The minimum absolute atomic E-state index is 0.149. The van der Waals surface area contributed by atoms with Gasteiger partial charge >= 0.3 is 0 Å². The summed E-state index contributed by atoms with van der Waals surface area (Å²) in [6, 6.07) is 7.51. The number of hydrogen-bond donors (Lipinski definition) is 2. The van der Waals surface area contributed by atoms with Crippen molar-refractivity contribution in [3.8, 4) is 11.5 Å². The standard InChI is InChI=1S/C22H25N3O3/c26-22(25-12-17-6-7-20-21(10-17)28-15-27-20)18-11-19(14-23-13-18)24-9-8-16-4-2-1-3-5-16/h4,6-7,10-11,13-14,24H,1-3,5,8-9,12,15H2,(H,25,26). The van der Waals surface area contributed by atoms with E-state index in [4.69, 9.17) is 9.47 Å². The Morgan fingerprint density at radius 2 is 2.04 bits per heavy atom. The zero-order valence-corrected chi connectivity index (χ0v) is 15.9.